The van der Waals surface area contributed by atoms with Gasteiger partial charge in [-0.05, 0) is 44.4 Å². The molecule has 3 aliphatic rings. The molecular weight excluding hydrogens is 337 g/mol. The summed E-state index contributed by atoms with van der Waals surface area (Å²) in [5.74, 6) is -2.22. The number of likely N-dealkylation sites (tertiary alicyclic amines) is 1. The van der Waals surface area contributed by atoms with Gasteiger partial charge in [0, 0.05) is 19.0 Å². The predicted octanol–water partition coefficient (Wildman–Crippen LogP) is 2.94. The van der Waals surface area contributed by atoms with Crippen LogP contribution in [0.5, 0.6) is 0 Å². The molecule has 4 rings (SSSR count). The molecule has 25 heavy (non-hydrogen) atoms. The van der Waals surface area contributed by atoms with Crippen molar-refractivity contribution in [1.82, 2.24) is 15.1 Å². The van der Waals surface area contributed by atoms with Crippen LogP contribution in [-0.4, -0.2) is 46.3 Å². The number of nitrogens with zero attached hydrogens (tertiary/aromatic N) is 3. The second kappa shape index (κ2) is 5.60. The highest BCUT2D eigenvalue weighted by Gasteiger charge is 2.58. The molecular formula is C16H21F3N4O2. The number of carbonyl (C=O) groups excluding carboxylic acids is 1. The van der Waals surface area contributed by atoms with Crippen molar-refractivity contribution < 1.29 is 22.4 Å². The first-order valence-corrected chi connectivity index (χ1v) is 8.73. The highest BCUT2D eigenvalue weighted by atomic mass is 19.4. The molecule has 0 aromatic carbocycles. The van der Waals surface area contributed by atoms with Crippen molar-refractivity contribution in [3.63, 3.8) is 0 Å². The minimum absolute atomic E-state index is 0.000605. The van der Waals surface area contributed by atoms with Crippen LogP contribution in [0, 0.1) is 11.3 Å². The van der Waals surface area contributed by atoms with E-state index in [9.17, 15) is 18.0 Å². The minimum Gasteiger partial charge on any atom is -0.408 e. The molecule has 3 fully saturated rings. The maximum absolute atomic E-state index is 12.6. The molecule has 1 N–H and O–H groups in total. The number of rotatable bonds is 4. The average molecular weight is 358 g/mol. The van der Waals surface area contributed by atoms with Gasteiger partial charge in [-0.2, -0.15) is 13.2 Å². The number of nitrogens with one attached hydrogen (secondary N) is 1. The zero-order valence-corrected chi connectivity index (χ0v) is 14.0. The molecule has 138 valence electrons. The normalized spacial score (nSPS) is 28.7. The number of hydrogen-bond acceptors (Lipinski definition) is 5. The van der Waals surface area contributed by atoms with E-state index in [1.54, 1.807) is 6.92 Å². The van der Waals surface area contributed by atoms with E-state index in [-0.39, 0.29) is 24.2 Å². The molecule has 2 unspecified atom stereocenters. The molecule has 2 aliphatic carbocycles. The lowest BCUT2D eigenvalue weighted by Gasteiger charge is -2.33. The Hall–Kier alpha value is -1.80. The van der Waals surface area contributed by atoms with Gasteiger partial charge in [0.25, 0.3) is 0 Å². The largest absolute Gasteiger partial charge is 0.408 e. The van der Waals surface area contributed by atoms with Gasteiger partial charge in [0.2, 0.25) is 11.8 Å². The van der Waals surface area contributed by atoms with Crippen molar-refractivity contribution in [3.05, 3.63) is 5.89 Å². The summed E-state index contributed by atoms with van der Waals surface area (Å²) >= 11 is 0. The maximum Gasteiger partial charge on any atom is 0.392 e. The summed E-state index contributed by atoms with van der Waals surface area (Å²) in [6.07, 6.45) is 0.396. The van der Waals surface area contributed by atoms with Crippen LogP contribution in [0.25, 0.3) is 0 Å². The molecule has 0 bridgehead atoms. The monoisotopic (exact) mass is 358 g/mol. The fourth-order valence-corrected chi connectivity index (χ4v) is 3.67. The van der Waals surface area contributed by atoms with E-state index in [1.165, 1.54) is 12.8 Å². The molecule has 0 radical (unpaired) electrons. The summed E-state index contributed by atoms with van der Waals surface area (Å²) in [5, 5.41) is 10.2. The van der Waals surface area contributed by atoms with E-state index in [0.29, 0.717) is 5.41 Å². The molecule has 1 spiro atoms. The lowest BCUT2D eigenvalue weighted by atomic mass is 9.93. The number of halogens is 3. The quantitative estimate of drug-likeness (QED) is 0.896. The number of anilines is 1. The van der Waals surface area contributed by atoms with Gasteiger partial charge in [0.1, 0.15) is 6.04 Å². The van der Waals surface area contributed by atoms with Crippen LogP contribution in [0.15, 0.2) is 4.42 Å². The first-order chi connectivity index (χ1) is 11.8. The van der Waals surface area contributed by atoms with Crippen LogP contribution in [0.3, 0.4) is 0 Å². The third-order valence-electron chi connectivity index (χ3n) is 5.77. The summed E-state index contributed by atoms with van der Waals surface area (Å²) in [4.78, 5) is 14.3. The van der Waals surface area contributed by atoms with E-state index in [0.717, 1.165) is 25.9 Å². The Kier molecular flexibility index (Phi) is 3.73. The van der Waals surface area contributed by atoms with Crippen molar-refractivity contribution in [2.45, 2.75) is 57.2 Å². The van der Waals surface area contributed by atoms with E-state index < -0.39 is 24.1 Å². The number of piperidine rings is 1. The van der Waals surface area contributed by atoms with E-state index in [4.69, 9.17) is 4.42 Å². The van der Waals surface area contributed by atoms with Crippen molar-refractivity contribution in [3.8, 4) is 0 Å². The van der Waals surface area contributed by atoms with Gasteiger partial charge in [-0.15, -0.1) is 5.10 Å². The van der Waals surface area contributed by atoms with Crippen molar-refractivity contribution in [1.29, 1.82) is 0 Å². The van der Waals surface area contributed by atoms with Crippen LogP contribution in [0.2, 0.25) is 0 Å². The highest BCUT2D eigenvalue weighted by Crippen LogP contribution is 2.56. The molecule has 1 saturated heterocycles. The summed E-state index contributed by atoms with van der Waals surface area (Å²) in [7, 11) is 0. The maximum atomic E-state index is 12.6. The molecule has 2 heterocycles. The second-order valence-corrected chi connectivity index (χ2v) is 7.63. The molecule has 1 aromatic heterocycles. The van der Waals surface area contributed by atoms with Crippen molar-refractivity contribution in [2.24, 2.45) is 11.3 Å². The van der Waals surface area contributed by atoms with Crippen LogP contribution in [-0.2, 0) is 4.79 Å². The summed E-state index contributed by atoms with van der Waals surface area (Å²) in [6.45, 7) is 3.22. The SMILES string of the molecule is C[C@@H](Nc1nnc(C2CC2C(F)(F)F)o1)C(=O)N1CCC2(CC1)CC2. The number of amides is 1. The van der Waals surface area contributed by atoms with E-state index >= 15 is 0 Å². The van der Waals surface area contributed by atoms with E-state index in [1.807, 2.05) is 4.90 Å². The Balaban J connectivity index is 1.31. The zero-order chi connectivity index (χ0) is 17.8. The van der Waals surface area contributed by atoms with Crippen LogP contribution in [0.1, 0.15) is 50.8 Å². The fraction of sp³-hybridized carbons (Fsp3) is 0.812. The summed E-state index contributed by atoms with van der Waals surface area (Å²) in [5.41, 5.74) is 0.494. The molecule has 6 nitrogen and oxygen atoms in total. The smallest absolute Gasteiger partial charge is 0.392 e. The lowest BCUT2D eigenvalue weighted by Crippen LogP contribution is -2.45. The van der Waals surface area contributed by atoms with Gasteiger partial charge in [-0.1, -0.05) is 5.10 Å². The summed E-state index contributed by atoms with van der Waals surface area (Å²) < 4.78 is 43.1. The third-order valence-corrected chi connectivity index (χ3v) is 5.77. The minimum atomic E-state index is -4.23. The average Bonchev–Trinajstić information content (AvgIpc) is 3.47. The highest BCUT2D eigenvalue weighted by molar-refractivity contribution is 5.83. The lowest BCUT2D eigenvalue weighted by molar-refractivity contribution is -0.149. The first-order valence-electron chi connectivity index (χ1n) is 8.73. The Morgan fingerprint density at radius 1 is 1.28 bits per heavy atom. The Morgan fingerprint density at radius 2 is 1.96 bits per heavy atom. The second-order valence-electron chi connectivity index (χ2n) is 7.63. The topological polar surface area (TPSA) is 71.3 Å². The Morgan fingerprint density at radius 3 is 2.52 bits per heavy atom. The van der Waals surface area contributed by atoms with Gasteiger partial charge in [-0.25, -0.2) is 0 Å². The number of aromatic nitrogens is 2. The van der Waals surface area contributed by atoms with Gasteiger partial charge in [0.15, 0.2) is 0 Å². The number of alkyl halides is 3. The molecule has 9 heteroatoms. The molecule has 1 aromatic rings. The molecule has 2 saturated carbocycles. The molecule has 3 atom stereocenters. The third kappa shape index (κ3) is 3.32. The Bertz CT molecular complexity index is 661. The molecule has 1 aliphatic heterocycles. The standard InChI is InChI=1S/C16H21F3N4O2/c1-9(13(24)23-6-4-15(2-3-15)5-7-23)20-14-22-21-12(25-14)10-8-11(10)16(17,18)19/h9-11H,2-8H2,1H3,(H,20,22)/t9-,10?,11?/m1/s1. The fourth-order valence-electron chi connectivity index (χ4n) is 3.67. The molecule has 1 amide bonds. The van der Waals surface area contributed by atoms with Crippen molar-refractivity contribution in [2.75, 3.05) is 18.4 Å². The van der Waals surface area contributed by atoms with Gasteiger partial charge in [-0.3, -0.25) is 4.79 Å². The van der Waals surface area contributed by atoms with Crippen LogP contribution in [0.4, 0.5) is 19.2 Å². The number of carbonyl (C=O) groups is 1. The predicted molar refractivity (Wildman–Crippen MR) is 81.8 cm³/mol. The Labute approximate surface area is 143 Å². The van der Waals surface area contributed by atoms with E-state index in [2.05, 4.69) is 15.5 Å². The first kappa shape index (κ1) is 16.7. The van der Waals surface area contributed by atoms with Crippen LogP contribution < -0.4 is 5.32 Å². The zero-order valence-electron chi connectivity index (χ0n) is 14.0. The summed E-state index contributed by atoms with van der Waals surface area (Å²) in [6, 6.07) is -0.557. The van der Waals surface area contributed by atoms with Crippen LogP contribution >= 0.6 is 0 Å². The van der Waals surface area contributed by atoms with Gasteiger partial charge in [0.05, 0.1) is 5.92 Å². The number of hydrogen-bond donors (Lipinski definition) is 1. The van der Waals surface area contributed by atoms with Gasteiger partial charge >= 0.3 is 12.2 Å². The van der Waals surface area contributed by atoms with Gasteiger partial charge < -0.3 is 14.6 Å². The van der Waals surface area contributed by atoms with Crippen molar-refractivity contribution >= 4 is 11.9 Å².